The molecule has 19 heavy (non-hydrogen) atoms. The van der Waals surface area contributed by atoms with Gasteiger partial charge in [-0.1, -0.05) is 56.3 Å². The topological polar surface area (TPSA) is 52.5 Å². The number of nitrogens with one attached hydrogen (secondary N) is 1. The molecule has 2 unspecified atom stereocenters. The van der Waals surface area contributed by atoms with Crippen molar-refractivity contribution in [1.29, 1.82) is 0 Å². The lowest BCUT2D eigenvalue weighted by atomic mass is 9.97. The Morgan fingerprint density at radius 1 is 1.00 bits per heavy atom. The van der Waals surface area contributed by atoms with Crippen LogP contribution in [0.2, 0.25) is 0 Å². The summed E-state index contributed by atoms with van der Waals surface area (Å²) in [5, 5.41) is 25.6. The number of rotatable bonds is 5. The van der Waals surface area contributed by atoms with Gasteiger partial charge in [0.1, 0.15) is 6.10 Å². The van der Waals surface area contributed by atoms with E-state index in [2.05, 4.69) is 5.32 Å². The first-order valence-electron chi connectivity index (χ1n) is 6.66. The Kier molecular flexibility index (Phi) is 4.53. The monoisotopic (exact) mass is 259 g/mol. The molecule has 3 heteroatoms. The maximum absolute atomic E-state index is 10.3. The first-order chi connectivity index (χ1) is 9.09. The second kappa shape index (κ2) is 6.15. The third-order valence-electron chi connectivity index (χ3n) is 3.24. The number of benzene rings is 2. The smallest absolute Gasteiger partial charge is 0.107 e. The second-order valence-corrected chi connectivity index (χ2v) is 5.14. The Hall–Kier alpha value is -1.42. The van der Waals surface area contributed by atoms with E-state index in [-0.39, 0.29) is 6.04 Å². The molecule has 0 aliphatic rings. The number of aliphatic hydroxyl groups is 2. The number of fused-ring (bicyclic) bond motifs is 1. The fraction of sp³-hybridized carbons (Fsp3) is 0.375. The van der Waals surface area contributed by atoms with E-state index in [1.54, 1.807) is 0 Å². The average Bonchev–Trinajstić information content (AvgIpc) is 2.43. The van der Waals surface area contributed by atoms with Gasteiger partial charge < -0.3 is 15.5 Å². The molecule has 102 valence electrons. The predicted octanol–water partition coefficient (Wildman–Crippen LogP) is 2.23. The van der Waals surface area contributed by atoms with Crippen LogP contribution in [0.1, 0.15) is 25.5 Å². The van der Waals surface area contributed by atoms with E-state index >= 15 is 0 Å². The van der Waals surface area contributed by atoms with Gasteiger partial charge in [0.2, 0.25) is 0 Å². The Labute approximate surface area is 113 Å². The molecule has 0 radical (unpaired) electrons. The minimum Gasteiger partial charge on any atom is -0.389 e. The van der Waals surface area contributed by atoms with E-state index in [9.17, 15) is 10.2 Å². The second-order valence-electron chi connectivity index (χ2n) is 5.14. The van der Waals surface area contributed by atoms with Gasteiger partial charge in [0.05, 0.1) is 6.10 Å². The van der Waals surface area contributed by atoms with Crippen LogP contribution in [0.25, 0.3) is 10.8 Å². The summed E-state index contributed by atoms with van der Waals surface area (Å²) in [4.78, 5) is 0. The first kappa shape index (κ1) is 14.0. The largest absolute Gasteiger partial charge is 0.389 e. The van der Waals surface area contributed by atoms with Crippen molar-refractivity contribution < 1.29 is 10.2 Å². The molecular formula is C16H21NO2. The molecule has 0 aliphatic heterocycles. The quantitative estimate of drug-likeness (QED) is 0.772. The highest BCUT2D eigenvalue weighted by Crippen LogP contribution is 2.26. The van der Waals surface area contributed by atoms with Crippen LogP contribution >= 0.6 is 0 Å². The highest BCUT2D eigenvalue weighted by Gasteiger charge is 2.20. The van der Waals surface area contributed by atoms with Crippen molar-refractivity contribution in [2.45, 2.75) is 32.1 Å². The van der Waals surface area contributed by atoms with E-state index in [1.165, 1.54) is 0 Å². The van der Waals surface area contributed by atoms with Crippen LogP contribution in [0, 0.1) is 0 Å². The molecule has 2 aromatic carbocycles. The summed E-state index contributed by atoms with van der Waals surface area (Å²) in [6, 6.07) is 13.9. The summed E-state index contributed by atoms with van der Waals surface area (Å²) in [6.07, 6.45) is -1.69. The van der Waals surface area contributed by atoms with Gasteiger partial charge in [-0.25, -0.2) is 0 Å². The molecule has 2 atom stereocenters. The van der Waals surface area contributed by atoms with Gasteiger partial charge in [0.15, 0.2) is 0 Å². The highest BCUT2D eigenvalue weighted by atomic mass is 16.3. The average molecular weight is 259 g/mol. The highest BCUT2D eigenvalue weighted by molar-refractivity contribution is 5.86. The van der Waals surface area contributed by atoms with Gasteiger partial charge in [0, 0.05) is 12.6 Å². The maximum Gasteiger partial charge on any atom is 0.107 e. The minimum absolute atomic E-state index is 0.286. The molecule has 0 aromatic heterocycles. The van der Waals surface area contributed by atoms with Crippen molar-refractivity contribution >= 4 is 10.8 Å². The third kappa shape index (κ3) is 3.32. The fourth-order valence-electron chi connectivity index (χ4n) is 2.18. The van der Waals surface area contributed by atoms with E-state index in [0.29, 0.717) is 6.54 Å². The van der Waals surface area contributed by atoms with Crippen molar-refractivity contribution in [2.75, 3.05) is 6.54 Å². The van der Waals surface area contributed by atoms with Crippen molar-refractivity contribution in [3.8, 4) is 0 Å². The summed E-state index contributed by atoms with van der Waals surface area (Å²) in [7, 11) is 0. The Balaban J connectivity index is 2.23. The molecule has 3 nitrogen and oxygen atoms in total. The summed E-state index contributed by atoms with van der Waals surface area (Å²) < 4.78 is 0. The van der Waals surface area contributed by atoms with Crippen LogP contribution in [0.15, 0.2) is 42.5 Å². The van der Waals surface area contributed by atoms with Crippen molar-refractivity contribution in [2.24, 2.45) is 0 Å². The molecule has 0 saturated carbocycles. The molecule has 3 N–H and O–H groups in total. The Morgan fingerprint density at radius 3 is 2.42 bits per heavy atom. The Bertz CT molecular complexity index is 534. The first-order valence-corrected chi connectivity index (χ1v) is 6.66. The number of hydrogen-bond donors (Lipinski definition) is 3. The lowest BCUT2D eigenvalue weighted by Gasteiger charge is -2.21. The molecular weight excluding hydrogens is 238 g/mol. The van der Waals surface area contributed by atoms with Crippen LogP contribution in [-0.4, -0.2) is 28.9 Å². The third-order valence-corrected chi connectivity index (χ3v) is 3.24. The van der Waals surface area contributed by atoms with Gasteiger partial charge in [-0.3, -0.25) is 0 Å². The van der Waals surface area contributed by atoms with Gasteiger partial charge in [-0.05, 0) is 16.3 Å². The van der Waals surface area contributed by atoms with E-state index < -0.39 is 12.2 Å². The summed E-state index contributed by atoms with van der Waals surface area (Å²) in [6.45, 7) is 4.40. The fourth-order valence-corrected chi connectivity index (χ4v) is 2.18. The lowest BCUT2D eigenvalue weighted by Crippen LogP contribution is -2.35. The zero-order chi connectivity index (χ0) is 13.8. The van der Waals surface area contributed by atoms with Gasteiger partial charge >= 0.3 is 0 Å². The molecule has 0 bridgehead atoms. The number of aliphatic hydroxyl groups excluding tert-OH is 2. The van der Waals surface area contributed by atoms with Crippen molar-refractivity contribution in [3.05, 3.63) is 48.0 Å². The van der Waals surface area contributed by atoms with E-state index in [0.717, 1.165) is 16.3 Å². The van der Waals surface area contributed by atoms with Crippen LogP contribution in [0.4, 0.5) is 0 Å². The van der Waals surface area contributed by atoms with Crippen LogP contribution in [-0.2, 0) is 0 Å². The van der Waals surface area contributed by atoms with Gasteiger partial charge in [0.25, 0.3) is 0 Å². The van der Waals surface area contributed by atoms with Gasteiger partial charge in [-0.2, -0.15) is 0 Å². The van der Waals surface area contributed by atoms with Crippen molar-refractivity contribution in [1.82, 2.24) is 5.32 Å². The molecule has 2 aromatic rings. The molecule has 0 aliphatic carbocycles. The zero-order valence-electron chi connectivity index (χ0n) is 11.4. The molecule has 0 saturated heterocycles. The normalized spacial score (nSPS) is 14.8. The molecule has 2 rings (SSSR count). The summed E-state index contributed by atoms with van der Waals surface area (Å²) in [5.41, 5.74) is 0.774. The van der Waals surface area contributed by atoms with Gasteiger partial charge in [-0.15, -0.1) is 0 Å². The molecule has 0 heterocycles. The standard InChI is InChI=1S/C16H21NO2/c1-11(2)17-10-15(18)16(19)14-9-5-7-12-6-3-4-8-13(12)14/h3-9,11,15-19H,10H2,1-2H3. The van der Waals surface area contributed by atoms with Crippen molar-refractivity contribution in [3.63, 3.8) is 0 Å². The molecule has 0 amide bonds. The predicted molar refractivity (Wildman–Crippen MR) is 78.1 cm³/mol. The van der Waals surface area contributed by atoms with Crippen LogP contribution in [0.5, 0.6) is 0 Å². The van der Waals surface area contributed by atoms with Crippen LogP contribution in [0.3, 0.4) is 0 Å². The maximum atomic E-state index is 10.3. The number of hydrogen-bond acceptors (Lipinski definition) is 3. The SMILES string of the molecule is CC(C)NCC(O)C(O)c1cccc2ccccc12. The van der Waals surface area contributed by atoms with E-state index in [1.807, 2.05) is 56.3 Å². The van der Waals surface area contributed by atoms with E-state index in [4.69, 9.17) is 0 Å². The van der Waals surface area contributed by atoms with Crippen LogP contribution < -0.4 is 5.32 Å². The zero-order valence-corrected chi connectivity index (χ0v) is 11.4. The molecule has 0 spiro atoms. The lowest BCUT2D eigenvalue weighted by molar-refractivity contribution is 0.0190. The summed E-state index contributed by atoms with van der Waals surface area (Å²) >= 11 is 0. The molecule has 0 fully saturated rings. The Morgan fingerprint density at radius 2 is 1.68 bits per heavy atom. The summed E-state index contributed by atoms with van der Waals surface area (Å²) in [5.74, 6) is 0. The minimum atomic E-state index is -0.877.